The van der Waals surface area contributed by atoms with E-state index < -0.39 is 12.1 Å². The number of halogens is 2. The molecule has 1 heterocycles. The molecule has 0 fully saturated rings. The average Bonchev–Trinajstić information content (AvgIpc) is 2.91. The van der Waals surface area contributed by atoms with Crippen LogP contribution in [0.15, 0.2) is 54.7 Å². The van der Waals surface area contributed by atoms with Crippen molar-refractivity contribution < 1.29 is 13.9 Å². The molecule has 0 aliphatic rings. The molecule has 3 aromatic rings. The van der Waals surface area contributed by atoms with Gasteiger partial charge in [-0.05, 0) is 54.4 Å². The quantitative estimate of drug-likeness (QED) is 0.759. The van der Waals surface area contributed by atoms with Crippen molar-refractivity contribution in [3.8, 4) is 0 Å². The van der Waals surface area contributed by atoms with E-state index in [1.807, 2.05) is 6.07 Å². The molecule has 1 aromatic heterocycles. The second-order valence-corrected chi connectivity index (χ2v) is 5.55. The van der Waals surface area contributed by atoms with Gasteiger partial charge in [0.25, 0.3) is 0 Å². The fourth-order valence-electron chi connectivity index (χ4n) is 2.94. The van der Waals surface area contributed by atoms with E-state index in [0.29, 0.717) is 17.6 Å². The first-order valence-corrected chi connectivity index (χ1v) is 7.44. The summed E-state index contributed by atoms with van der Waals surface area (Å²) < 4.78 is 29.0. The highest BCUT2D eigenvalue weighted by atomic mass is 19.1. The molecule has 2 N–H and O–H groups in total. The molecular formula is C18H18F2N2O. The van der Waals surface area contributed by atoms with Crippen molar-refractivity contribution in [3.05, 3.63) is 71.9 Å². The number of benzene rings is 2. The van der Waals surface area contributed by atoms with Gasteiger partial charge in [-0.2, -0.15) is 0 Å². The number of likely N-dealkylation sites (N-methyl/N-ethyl adjacent to an activating group) is 1. The predicted molar refractivity (Wildman–Crippen MR) is 86.4 cm³/mol. The Kier molecular flexibility index (Phi) is 4.41. The maximum absolute atomic E-state index is 13.6. The van der Waals surface area contributed by atoms with Crippen molar-refractivity contribution in [1.29, 1.82) is 0 Å². The normalized spacial score (nSPS) is 14.1. The zero-order valence-electron chi connectivity index (χ0n) is 12.7. The van der Waals surface area contributed by atoms with Crippen LogP contribution in [0.3, 0.4) is 0 Å². The number of nitrogens with one attached hydrogen (secondary N) is 1. The van der Waals surface area contributed by atoms with Crippen LogP contribution in [-0.2, 0) is 0 Å². The minimum Gasteiger partial charge on any atom is -0.389 e. The molecule has 0 radical (unpaired) electrons. The highest BCUT2D eigenvalue weighted by Crippen LogP contribution is 2.28. The number of hydrogen-bond acceptors (Lipinski definition) is 2. The van der Waals surface area contributed by atoms with E-state index >= 15 is 0 Å². The Labute approximate surface area is 133 Å². The highest BCUT2D eigenvalue weighted by Gasteiger charge is 2.24. The summed E-state index contributed by atoms with van der Waals surface area (Å²) in [6, 6.07) is 12.0. The number of aliphatic hydroxyl groups excluding tert-OH is 1. The van der Waals surface area contributed by atoms with Gasteiger partial charge in [0.1, 0.15) is 11.6 Å². The van der Waals surface area contributed by atoms with E-state index in [1.165, 1.54) is 24.3 Å². The zero-order chi connectivity index (χ0) is 16.4. The van der Waals surface area contributed by atoms with Crippen LogP contribution in [-0.4, -0.2) is 29.4 Å². The zero-order valence-corrected chi connectivity index (χ0v) is 12.7. The SMILES string of the molecule is CNC[C@@H](O)[C@H](c1cccc(F)c1)n1ccc2ccc(F)cc21. The summed E-state index contributed by atoms with van der Waals surface area (Å²) in [5, 5.41) is 14.3. The van der Waals surface area contributed by atoms with Crippen molar-refractivity contribution in [2.75, 3.05) is 13.6 Å². The first kappa shape index (κ1) is 15.6. The molecule has 0 saturated heterocycles. The maximum atomic E-state index is 13.6. The van der Waals surface area contributed by atoms with Gasteiger partial charge in [0.2, 0.25) is 0 Å². The Bertz CT molecular complexity index is 816. The van der Waals surface area contributed by atoms with Crippen molar-refractivity contribution in [2.45, 2.75) is 12.1 Å². The second-order valence-electron chi connectivity index (χ2n) is 5.55. The van der Waals surface area contributed by atoms with Gasteiger partial charge in [-0.1, -0.05) is 12.1 Å². The van der Waals surface area contributed by atoms with E-state index in [1.54, 1.807) is 36.0 Å². The number of aromatic nitrogens is 1. The van der Waals surface area contributed by atoms with E-state index in [2.05, 4.69) is 5.32 Å². The lowest BCUT2D eigenvalue weighted by atomic mass is 10.0. The Hall–Kier alpha value is -2.24. The van der Waals surface area contributed by atoms with Gasteiger partial charge in [0.15, 0.2) is 0 Å². The summed E-state index contributed by atoms with van der Waals surface area (Å²) in [7, 11) is 1.74. The number of nitrogens with zero attached hydrogens (tertiary/aromatic N) is 1. The van der Waals surface area contributed by atoms with Crippen LogP contribution in [0.2, 0.25) is 0 Å². The molecule has 5 heteroatoms. The third-order valence-electron chi connectivity index (χ3n) is 3.95. The largest absolute Gasteiger partial charge is 0.389 e. The fraction of sp³-hybridized carbons (Fsp3) is 0.222. The Balaban J connectivity index is 2.15. The van der Waals surface area contributed by atoms with Gasteiger partial charge in [0, 0.05) is 12.7 Å². The molecule has 120 valence electrons. The Morgan fingerprint density at radius 3 is 2.61 bits per heavy atom. The lowest BCUT2D eigenvalue weighted by Gasteiger charge is -2.26. The van der Waals surface area contributed by atoms with Crippen LogP contribution < -0.4 is 5.32 Å². The molecule has 0 spiro atoms. The topological polar surface area (TPSA) is 37.2 Å². The molecule has 23 heavy (non-hydrogen) atoms. The molecule has 0 aliphatic carbocycles. The van der Waals surface area contributed by atoms with Crippen molar-refractivity contribution in [1.82, 2.24) is 9.88 Å². The molecule has 0 saturated carbocycles. The van der Waals surface area contributed by atoms with Crippen molar-refractivity contribution in [3.63, 3.8) is 0 Å². The maximum Gasteiger partial charge on any atom is 0.125 e. The third-order valence-corrected chi connectivity index (χ3v) is 3.95. The summed E-state index contributed by atoms with van der Waals surface area (Å²) in [5.74, 6) is -0.717. The van der Waals surface area contributed by atoms with E-state index in [9.17, 15) is 13.9 Å². The molecule has 0 bridgehead atoms. The van der Waals surface area contributed by atoms with Gasteiger partial charge in [-0.3, -0.25) is 0 Å². The molecule has 2 aromatic carbocycles. The van der Waals surface area contributed by atoms with Crippen LogP contribution in [0.1, 0.15) is 11.6 Å². The monoisotopic (exact) mass is 316 g/mol. The number of aliphatic hydroxyl groups is 1. The van der Waals surface area contributed by atoms with Gasteiger partial charge < -0.3 is 15.0 Å². The summed E-state index contributed by atoms with van der Waals surface area (Å²) in [6.07, 6.45) is 0.999. The minimum atomic E-state index is -0.791. The molecular weight excluding hydrogens is 298 g/mol. The summed E-state index contributed by atoms with van der Waals surface area (Å²) in [6.45, 7) is 0.330. The predicted octanol–water partition coefficient (Wildman–Crippen LogP) is 3.09. The smallest absolute Gasteiger partial charge is 0.125 e. The molecule has 3 nitrogen and oxygen atoms in total. The van der Waals surface area contributed by atoms with Crippen LogP contribution in [0, 0.1) is 11.6 Å². The second kappa shape index (κ2) is 6.48. The summed E-state index contributed by atoms with van der Waals surface area (Å²) >= 11 is 0. The molecule has 0 unspecified atom stereocenters. The minimum absolute atomic E-state index is 0.330. The van der Waals surface area contributed by atoms with Crippen molar-refractivity contribution >= 4 is 10.9 Å². The van der Waals surface area contributed by atoms with E-state index in [-0.39, 0.29) is 11.6 Å². The number of rotatable bonds is 5. The number of hydrogen-bond donors (Lipinski definition) is 2. The van der Waals surface area contributed by atoms with Crippen LogP contribution in [0.5, 0.6) is 0 Å². The highest BCUT2D eigenvalue weighted by molar-refractivity contribution is 5.80. The van der Waals surface area contributed by atoms with Crippen LogP contribution in [0.25, 0.3) is 10.9 Å². The molecule has 0 amide bonds. The number of fused-ring (bicyclic) bond motifs is 1. The lowest BCUT2D eigenvalue weighted by Crippen LogP contribution is -2.33. The fourth-order valence-corrected chi connectivity index (χ4v) is 2.94. The van der Waals surface area contributed by atoms with Gasteiger partial charge in [-0.15, -0.1) is 0 Å². The first-order chi connectivity index (χ1) is 11.1. The third kappa shape index (κ3) is 3.11. The molecule has 3 rings (SSSR count). The van der Waals surface area contributed by atoms with Crippen LogP contribution in [0.4, 0.5) is 8.78 Å². The summed E-state index contributed by atoms with van der Waals surface area (Å²) in [4.78, 5) is 0. The van der Waals surface area contributed by atoms with E-state index in [4.69, 9.17) is 0 Å². The van der Waals surface area contributed by atoms with Gasteiger partial charge in [-0.25, -0.2) is 8.78 Å². The van der Waals surface area contributed by atoms with Crippen molar-refractivity contribution in [2.24, 2.45) is 0 Å². The van der Waals surface area contributed by atoms with Gasteiger partial charge >= 0.3 is 0 Å². The Morgan fingerprint density at radius 2 is 1.87 bits per heavy atom. The van der Waals surface area contributed by atoms with Gasteiger partial charge in [0.05, 0.1) is 17.7 Å². The lowest BCUT2D eigenvalue weighted by molar-refractivity contribution is 0.132. The Morgan fingerprint density at radius 1 is 1.09 bits per heavy atom. The average molecular weight is 316 g/mol. The van der Waals surface area contributed by atoms with Crippen LogP contribution >= 0.6 is 0 Å². The molecule has 2 atom stereocenters. The van der Waals surface area contributed by atoms with E-state index in [0.717, 1.165) is 5.39 Å². The standard InChI is InChI=1S/C18H18F2N2O/c1-21-11-17(23)18(13-3-2-4-14(19)9-13)22-8-7-12-5-6-15(20)10-16(12)22/h2-10,17-18,21,23H,11H2,1H3/t17-,18+/m1/s1. The molecule has 0 aliphatic heterocycles. The first-order valence-electron chi connectivity index (χ1n) is 7.44. The summed E-state index contributed by atoms with van der Waals surface area (Å²) in [5.41, 5.74) is 1.30.